The molecule has 0 radical (unpaired) electrons. The number of ether oxygens (including phenoxy) is 3. The zero-order valence-corrected chi connectivity index (χ0v) is 22.6. The smallest absolute Gasteiger partial charge is 0.203 e. The Kier molecular flexibility index (Phi) is 11.1. The van der Waals surface area contributed by atoms with Crippen LogP contribution in [0.15, 0.2) is 17.1 Å². The van der Waals surface area contributed by atoms with Crippen LogP contribution in [-0.2, 0) is 6.54 Å². The van der Waals surface area contributed by atoms with Crippen molar-refractivity contribution >= 4 is 29.9 Å². The predicted molar refractivity (Wildman–Crippen MR) is 140 cm³/mol. The van der Waals surface area contributed by atoms with E-state index in [0.29, 0.717) is 17.2 Å². The van der Waals surface area contributed by atoms with Gasteiger partial charge in [-0.15, -0.1) is 24.0 Å². The van der Waals surface area contributed by atoms with Crippen LogP contribution in [0.1, 0.15) is 18.9 Å². The molecule has 8 nitrogen and oxygen atoms in total. The number of hydrogen-bond acceptors (Lipinski definition) is 6. The lowest BCUT2D eigenvalue weighted by Crippen LogP contribution is -2.52. The zero-order chi connectivity index (χ0) is 22.2. The van der Waals surface area contributed by atoms with E-state index >= 15 is 0 Å². The number of benzene rings is 1. The molecule has 2 heterocycles. The van der Waals surface area contributed by atoms with E-state index < -0.39 is 0 Å². The van der Waals surface area contributed by atoms with Crippen LogP contribution in [0, 0.1) is 5.92 Å². The Morgan fingerprint density at radius 1 is 1.00 bits per heavy atom. The topological polar surface area (TPSA) is 61.8 Å². The molecule has 1 unspecified atom stereocenters. The number of rotatable bonds is 8. The van der Waals surface area contributed by atoms with E-state index in [-0.39, 0.29) is 24.0 Å². The van der Waals surface area contributed by atoms with Crippen LogP contribution >= 0.6 is 24.0 Å². The van der Waals surface area contributed by atoms with Crippen LogP contribution < -0.4 is 19.5 Å². The predicted octanol–water partition coefficient (Wildman–Crippen LogP) is 2.37. The maximum atomic E-state index is 5.50. The molecule has 2 fully saturated rings. The molecular weight excluding hydrogens is 521 g/mol. The second-order valence-electron chi connectivity index (χ2n) is 8.27. The summed E-state index contributed by atoms with van der Waals surface area (Å²) in [5, 5.41) is 3.62. The molecule has 0 saturated carbocycles. The maximum absolute atomic E-state index is 5.50. The average Bonchev–Trinajstić information content (AvgIpc) is 3.27. The van der Waals surface area contributed by atoms with Crippen molar-refractivity contribution in [2.75, 3.05) is 80.7 Å². The summed E-state index contributed by atoms with van der Waals surface area (Å²) in [6, 6.07) is 4.07. The Hall–Kier alpha value is -1.46. The SMILES string of the molecule is CCN1CCC(CNC(=NC)N2CCN(Cc3cc(OC)c(OC)c(OC)c3)CC2)C1.I. The number of likely N-dealkylation sites (tertiary alicyclic amines) is 1. The first-order valence-corrected chi connectivity index (χ1v) is 11.3. The third-order valence-electron chi connectivity index (χ3n) is 6.38. The molecule has 2 aliphatic heterocycles. The first kappa shape index (κ1) is 26.8. The van der Waals surface area contributed by atoms with Crippen molar-refractivity contribution < 1.29 is 14.2 Å². The lowest BCUT2D eigenvalue weighted by atomic mass is 10.1. The molecule has 9 heteroatoms. The van der Waals surface area contributed by atoms with Gasteiger partial charge in [-0.3, -0.25) is 9.89 Å². The Morgan fingerprint density at radius 3 is 2.16 bits per heavy atom. The van der Waals surface area contributed by atoms with Crippen LogP contribution in [0.4, 0.5) is 0 Å². The van der Waals surface area contributed by atoms with Gasteiger partial charge in [0.15, 0.2) is 17.5 Å². The van der Waals surface area contributed by atoms with Crippen molar-refractivity contribution in [3.05, 3.63) is 17.7 Å². The monoisotopic (exact) mass is 561 g/mol. The van der Waals surface area contributed by atoms with E-state index in [4.69, 9.17) is 14.2 Å². The molecule has 1 atom stereocenters. The van der Waals surface area contributed by atoms with Gasteiger partial charge in [-0.1, -0.05) is 6.92 Å². The van der Waals surface area contributed by atoms with Crippen molar-refractivity contribution in [3.63, 3.8) is 0 Å². The minimum Gasteiger partial charge on any atom is -0.493 e. The number of piperazine rings is 1. The van der Waals surface area contributed by atoms with Gasteiger partial charge in [-0.05, 0) is 43.1 Å². The summed E-state index contributed by atoms with van der Waals surface area (Å²) < 4.78 is 16.4. The molecule has 0 aromatic heterocycles. The van der Waals surface area contributed by atoms with E-state index in [1.165, 1.54) is 19.5 Å². The second kappa shape index (κ2) is 13.3. The highest BCUT2D eigenvalue weighted by atomic mass is 127. The Morgan fingerprint density at radius 2 is 1.66 bits per heavy atom. The molecule has 1 aromatic rings. The summed E-state index contributed by atoms with van der Waals surface area (Å²) in [7, 11) is 6.83. The van der Waals surface area contributed by atoms with Crippen molar-refractivity contribution in [3.8, 4) is 17.2 Å². The molecular formula is C23H40IN5O3. The van der Waals surface area contributed by atoms with Gasteiger partial charge in [0.2, 0.25) is 5.75 Å². The number of hydrogen-bond donors (Lipinski definition) is 1. The maximum Gasteiger partial charge on any atom is 0.203 e. The zero-order valence-electron chi connectivity index (χ0n) is 20.2. The van der Waals surface area contributed by atoms with Gasteiger partial charge in [0.1, 0.15) is 0 Å². The molecule has 3 rings (SSSR count). The van der Waals surface area contributed by atoms with Gasteiger partial charge in [-0.2, -0.15) is 0 Å². The minimum atomic E-state index is 0. The first-order valence-electron chi connectivity index (χ1n) is 11.3. The van der Waals surface area contributed by atoms with E-state index in [1.807, 2.05) is 19.2 Å². The molecule has 0 amide bonds. The van der Waals surface area contributed by atoms with Gasteiger partial charge in [0.25, 0.3) is 0 Å². The normalized spacial score (nSPS) is 20.1. The van der Waals surface area contributed by atoms with E-state index in [9.17, 15) is 0 Å². The quantitative estimate of drug-likeness (QED) is 0.297. The largest absolute Gasteiger partial charge is 0.493 e. The lowest BCUT2D eigenvalue weighted by Gasteiger charge is -2.36. The van der Waals surface area contributed by atoms with E-state index in [0.717, 1.165) is 63.3 Å². The summed E-state index contributed by atoms with van der Waals surface area (Å²) in [5.41, 5.74) is 1.16. The van der Waals surface area contributed by atoms with Crippen molar-refractivity contribution in [2.45, 2.75) is 19.9 Å². The van der Waals surface area contributed by atoms with Crippen LogP contribution in [0.3, 0.4) is 0 Å². The summed E-state index contributed by atoms with van der Waals surface area (Å²) >= 11 is 0. The molecule has 0 spiro atoms. The standard InChI is InChI=1S/C23H39N5O3.HI/c1-6-26-8-7-18(16-26)15-25-23(24-2)28-11-9-27(10-12-28)17-19-13-20(29-3)22(31-5)21(14-19)30-4;/h13-14,18H,6-12,15-17H2,1-5H3,(H,24,25);1H. The number of aliphatic imine (C=N–C) groups is 1. The molecule has 182 valence electrons. The molecule has 1 N–H and O–H groups in total. The molecule has 0 aliphatic carbocycles. The summed E-state index contributed by atoms with van der Waals surface area (Å²) in [4.78, 5) is 11.9. The van der Waals surface area contributed by atoms with Gasteiger partial charge >= 0.3 is 0 Å². The highest BCUT2D eigenvalue weighted by Crippen LogP contribution is 2.38. The third kappa shape index (κ3) is 6.77. The number of nitrogens with one attached hydrogen (secondary N) is 1. The van der Waals surface area contributed by atoms with Gasteiger partial charge in [-0.25, -0.2) is 0 Å². The first-order chi connectivity index (χ1) is 15.1. The molecule has 2 saturated heterocycles. The van der Waals surface area contributed by atoms with E-state index in [2.05, 4.69) is 31.9 Å². The summed E-state index contributed by atoms with van der Waals surface area (Å²) in [6.07, 6.45) is 1.28. The lowest BCUT2D eigenvalue weighted by molar-refractivity contribution is 0.172. The van der Waals surface area contributed by atoms with Crippen LogP contribution in [-0.4, -0.2) is 101 Å². The van der Waals surface area contributed by atoms with Crippen molar-refractivity contribution in [1.29, 1.82) is 0 Å². The average molecular weight is 562 g/mol. The fraction of sp³-hybridized carbons (Fsp3) is 0.696. The Bertz CT molecular complexity index is 715. The van der Waals surface area contributed by atoms with Gasteiger partial charge in [0, 0.05) is 52.9 Å². The number of halogens is 1. The molecule has 0 bridgehead atoms. The number of methoxy groups -OCH3 is 3. The van der Waals surface area contributed by atoms with Crippen LogP contribution in [0.25, 0.3) is 0 Å². The van der Waals surface area contributed by atoms with Gasteiger partial charge in [0.05, 0.1) is 21.3 Å². The Labute approximate surface area is 210 Å². The van der Waals surface area contributed by atoms with Crippen LogP contribution in [0.2, 0.25) is 0 Å². The number of guanidine groups is 1. The Balaban J connectivity index is 0.00000363. The minimum absolute atomic E-state index is 0. The fourth-order valence-corrected chi connectivity index (χ4v) is 4.54. The van der Waals surface area contributed by atoms with Crippen molar-refractivity contribution in [2.24, 2.45) is 10.9 Å². The second-order valence-corrected chi connectivity index (χ2v) is 8.27. The van der Waals surface area contributed by atoms with Crippen molar-refractivity contribution in [1.82, 2.24) is 20.0 Å². The molecule has 32 heavy (non-hydrogen) atoms. The number of nitrogens with zero attached hydrogens (tertiary/aromatic N) is 4. The highest BCUT2D eigenvalue weighted by molar-refractivity contribution is 14.0. The molecule has 2 aliphatic rings. The van der Waals surface area contributed by atoms with E-state index in [1.54, 1.807) is 21.3 Å². The summed E-state index contributed by atoms with van der Waals surface area (Å²) in [5.74, 6) is 3.79. The molecule has 1 aromatic carbocycles. The third-order valence-corrected chi connectivity index (χ3v) is 6.38. The fourth-order valence-electron chi connectivity index (χ4n) is 4.54. The van der Waals surface area contributed by atoms with Gasteiger partial charge < -0.3 is 29.3 Å². The van der Waals surface area contributed by atoms with Crippen LogP contribution in [0.5, 0.6) is 17.2 Å². The highest BCUT2D eigenvalue weighted by Gasteiger charge is 2.24. The summed E-state index contributed by atoms with van der Waals surface area (Å²) in [6.45, 7) is 11.6.